The second-order valence-corrected chi connectivity index (χ2v) is 5.52. The van der Waals surface area contributed by atoms with E-state index in [0.717, 1.165) is 0 Å². The fourth-order valence-corrected chi connectivity index (χ4v) is 2.31. The summed E-state index contributed by atoms with van der Waals surface area (Å²) in [6.45, 7) is 2.89. The summed E-state index contributed by atoms with van der Waals surface area (Å²) in [5, 5.41) is 9.08. The second kappa shape index (κ2) is 5.40. The third-order valence-electron chi connectivity index (χ3n) is 2.61. The highest BCUT2D eigenvalue weighted by Gasteiger charge is 2.39. The van der Waals surface area contributed by atoms with Crippen LogP contribution in [0.4, 0.5) is 0 Å². The summed E-state index contributed by atoms with van der Waals surface area (Å²) < 4.78 is 9.93. The lowest BCUT2D eigenvalue weighted by molar-refractivity contribution is -0.222. The predicted molar refractivity (Wildman–Crippen MR) is 75.4 cm³/mol. The lowest BCUT2D eigenvalue weighted by Crippen LogP contribution is -2.41. The molecule has 1 fully saturated rings. The smallest absolute Gasteiger partial charge is 0.348 e. The predicted octanol–water partition coefficient (Wildman–Crippen LogP) is 3.08. The summed E-state index contributed by atoms with van der Waals surface area (Å²) in [5.74, 6) is -2.97. The number of nitrogens with zero attached hydrogens (tertiary/aromatic N) is 1. The maximum atomic E-state index is 11.8. The molecule has 0 N–H and O–H groups in total. The number of ether oxygens (including phenoxy) is 2. The molecule has 0 amide bonds. The summed E-state index contributed by atoms with van der Waals surface area (Å²) >= 11 is 12.0. The molecule has 1 aliphatic rings. The quantitative estimate of drug-likeness (QED) is 0.450. The van der Waals surface area contributed by atoms with E-state index in [2.05, 4.69) is 0 Å². The van der Waals surface area contributed by atoms with Crippen molar-refractivity contribution in [3.63, 3.8) is 0 Å². The minimum Gasteiger partial charge on any atom is -0.419 e. The molecule has 0 saturated carbocycles. The highest BCUT2D eigenvalue weighted by Crippen LogP contribution is 2.31. The minimum atomic E-state index is -1.32. The molecule has 7 heteroatoms. The average Bonchev–Trinajstić information content (AvgIpc) is 2.34. The molecule has 1 heterocycles. The van der Waals surface area contributed by atoms with E-state index < -0.39 is 17.7 Å². The molecular weight excluding hydrogens is 317 g/mol. The molecule has 0 aliphatic carbocycles. The topological polar surface area (TPSA) is 76.4 Å². The van der Waals surface area contributed by atoms with Crippen LogP contribution in [0.15, 0.2) is 17.7 Å². The van der Waals surface area contributed by atoms with E-state index in [1.807, 2.05) is 6.07 Å². The van der Waals surface area contributed by atoms with E-state index in [-0.39, 0.29) is 26.7 Å². The normalized spacial score (nSPS) is 16.8. The van der Waals surface area contributed by atoms with Gasteiger partial charge in [0.05, 0.1) is 21.7 Å². The van der Waals surface area contributed by atoms with E-state index in [0.29, 0.717) is 0 Å². The molecule has 0 unspecified atom stereocenters. The van der Waals surface area contributed by atoms with E-state index in [1.165, 1.54) is 32.1 Å². The molecule has 0 bridgehead atoms. The molecule has 0 radical (unpaired) electrons. The molecule has 2 rings (SSSR count). The Kier molecular flexibility index (Phi) is 3.95. The van der Waals surface area contributed by atoms with Crippen LogP contribution < -0.4 is 0 Å². The maximum absolute atomic E-state index is 11.8. The van der Waals surface area contributed by atoms with Crippen molar-refractivity contribution in [1.82, 2.24) is 0 Å². The standard InChI is InChI=1S/C14H9Cl2NO4/c1-14(2)20-12(18)9(13(19)21-14)5-8-10(15)3-7(6-17)4-11(8)16/h3-5H,1-2H3. The summed E-state index contributed by atoms with van der Waals surface area (Å²) in [5.41, 5.74) is 0.186. The first-order chi connectivity index (χ1) is 9.73. The van der Waals surface area contributed by atoms with Crippen molar-refractivity contribution >= 4 is 41.2 Å². The van der Waals surface area contributed by atoms with Crippen molar-refractivity contribution in [2.75, 3.05) is 0 Å². The van der Waals surface area contributed by atoms with E-state index in [9.17, 15) is 9.59 Å². The number of rotatable bonds is 1. The number of benzene rings is 1. The number of hydrogen-bond donors (Lipinski definition) is 0. The van der Waals surface area contributed by atoms with Crippen molar-refractivity contribution in [2.45, 2.75) is 19.6 Å². The molecule has 0 atom stereocenters. The highest BCUT2D eigenvalue weighted by molar-refractivity contribution is 6.38. The van der Waals surface area contributed by atoms with Gasteiger partial charge in [0.15, 0.2) is 0 Å². The van der Waals surface area contributed by atoms with Gasteiger partial charge in [-0.05, 0) is 18.2 Å². The third kappa shape index (κ3) is 3.18. The molecule has 108 valence electrons. The van der Waals surface area contributed by atoms with Gasteiger partial charge in [-0.15, -0.1) is 0 Å². The van der Waals surface area contributed by atoms with E-state index in [1.54, 1.807) is 0 Å². The zero-order chi connectivity index (χ0) is 15.8. The average molecular weight is 326 g/mol. The van der Waals surface area contributed by atoms with Crippen LogP contribution >= 0.6 is 23.2 Å². The summed E-state index contributed by atoms with van der Waals surface area (Å²) in [6, 6.07) is 4.65. The van der Waals surface area contributed by atoms with Gasteiger partial charge in [0.1, 0.15) is 5.57 Å². The van der Waals surface area contributed by atoms with Crippen LogP contribution in [-0.2, 0) is 19.1 Å². The maximum Gasteiger partial charge on any atom is 0.348 e. The first-order valence-electron chi connectivity index (χ1n) is 5.81. The molecule has 1 aromatic rings. The summed E-state index contributed by atoms with van der Waals surface area (Å²) in [7, 11) is 0. The van der Waals surface area contributed by atoms with Crippen molar-refractivity contribution in [3.8, 4) is 6.07 Å². The van der Waals surface area contributed by atoms with Gasteiger partial charge in [-0.25, -0.2) is 9.59 Å². The van der Waals surface area contributed by atoms with Gasteiger partial charge in [-0.2, -0.15) is 5.26 Å². The van der Waals surface area contributed by atoms with Crippen LogP contribution in [-0.4, -0.2) is 17.7 Å². The van der Waals surface area contributed by atoms with Gasteiger partial charge in [-0.1, -0.05) is 23.2 Å². The molecule has 0 spiro atoms. The second-order valence-electron chi connectivity index (χ2n) is 4.70. The fraction of sp³-hybridized carbons (Fsp3) is 0.214. The van der Waals surface area contributed by atoms with Gasteiger partial charge in [0, 0.05) is 19.4 Å². The molecule has 1 aliphatic heterocycles. The zero-order valence-electron chi connectivity index (χ0n) is 11.1. The van der Waals surface area contributed by atoms with Gasteiger partial charge in [0.25, 0.3) is 5.79 Å². The van der Waals surface area contributed by atoms with Crippen molar-refractivity contribution in [1.29, 1.82) is 5.26 Å². The first kappa shape index (κ1) is 15.4. The van der Waals surface area contributed by atoms with Gasteiger partial charge in [-0.3, -0.25) is 0 Å². The van der Waals surface area contributed by atoms with Gasteiger partial charge >= 0.3 is 11.9 Å². The zero-order valence-corrected chi connectivity index (χ0v) is 12.6. The molecule has 1 saturated heterocycles. The number of halogens is 2. The number of cyclic esters (lactones) is 2. The van der Waals surface area contributed by atoms with Crippen LogP contribution in [0, 0.1) is 11.3 Å². The minimum absolute atomic E-state index is 0.136. The van der Waals surface area contributed by atoms with Crippen LogP contribution in [0.3, 0.4) is 0 Å². The molecule has 21 heavy (non-hydrogen) atoms. The Hall–Kier alpha value is -2.03. The van der Waals surface area contributed by atoms with Crippen LogP contribution in [0.5, 0.6) is 0 Å². The van der Waals surface area contributed by atoms with E-state index >= 15 is 0 Å². The van der Waals surface area contributed by atoms with Gasteiger partial charge in [0.2, 0.25) is 0 Å². The molecule has 1 aromatic carbocycles. The number of nitriles is 1. The van der Waals surface area contributed by atoms with Crippen LogP contribution in [0.1, 0.15) is 25.0 Å². The Balaban J connectivity index is 2.48. The summed E-state index contributed by atoms with van der Waals surface area (Å²) in [4.78, 5) is 23.7. The van der Waals surface area contributed by atoms with Crippen molar-refractivity contribution < 1.29 is 19.1 Å². The van der Waals surface area contributed by atoms with Gasteiger partial charge < -0.3 is 9.47 Å². The number of carbonyl (C=O) groups is 2. The lowest BCUT2D eigenvalue weighted by Gasteiger charge is -2.29. The SMILES string of the molecule is CC1(C)OC(=O)C(=Cc2c(Cl)cc(C#N)cc2Cl)C(=O)O1. The third-order valence-corrected chi connectivity index (χ3v) is 3.24. The monoisotopic (exact) mass is 325 g/mol. The Morgan fingerprint density at radius 2 is 1.62 bits per heavy atom. The van der Waals surface area contributed by atoms with Crippen molar-refractivity contribution in [2.24, 2.45) is 0 Å². The largest absolute Gasteiger partial charge is 0.419 e. The van der Waals surface area contributed by atoms with Crippen molar-refractivity contribution in [3.05, 3.63) is 38.9 Å². The highest BCUT2D eigenvalue weighted by atomic mass is 35.5. The summed E-state index contributed by atoms with van der Waals surface area (Å²) in [6.07, 6.45) is 1.19. The number of carbonyl (C=O) groups excluding carboxylic acids is 2. The van der Waals surface area contributed by atoms with Crippen LogP contribution in [0.25, 0.3) is 6.08 Å². The Morgan fingerprint density at radius 3 is 2.05 bits per heavy atom. The fourth-order valence-electron chi connectivity index (χ4n) is 1.71. The Morgan fingerprint density at radius 1 is 1.14 bits per heavy atom. The molecule has 5 nitrogen and oxygen atoms in total. The Labute approximate surface area is 130 Å². The number of esters is 2. The number of hydrogen-bond acceptors (Lipinski definition) is 5. The van der Waals surface area contributed by atoms with E-state index in [4.69, 9.17) is 37.9 Å². The lowest BCUT2D eigenvalue weighted by atomic mass is 10.1. The Bertz CT molecular complexity index is 671. The molecule has 0 aromatic heterocycles. The molecular formula is C14H9Cl2NO4. The van der Waals surface area contributed by atoms with Crippen LogP contribution in [0.2, 0.25) is 10.0 Å². The first-order valence-corrected chi connectivity index (χ1v) is 6.56.